The van der Waals surface area contributed by atoms with Gasteiger partial charge in [-0.05, 0) is 55.9 Å². The molecule has 0 aromatic heterocycles. The normalized spacial score (nSPS) is 13.1. The monoisotopic (exact) mass is 667 g/mol. The van der Waals surface area contributed by atoms with E-state index in [0.717, 1.165) is 11.1 Å². The summed E-state index contributed by atoms with van der Waals surface area (Å²) in [4.78, 5) is 54.1. The molecule has 16 nitrogen and oxygen atoms in total. The minimum atomic E-state index is -1.15. The van der Waals surface area contributed by atoms with Gasteiger partial charge in [0.25, 0.3) is 5.69 Å². The van der Waals surface area contributed by atoms with Crippen LogP contribution in [0.1, 0.15) is 42.4 Å². The molecule has 254 valence electrons. The van der Waals surface area contributed by atoms with Crippen molar-refractivity contribution in [2.45, 2.75) is 69.3 Å². The highest BCUT2D eigenvalue weighted by molar-refractivity contribution is 7.81. The molecule has 0 aliphatic rings. The largest absolute Gasteiger partial charge is 0.480 e. The van der Waals surface area contributed by atoms with Gasteiger partial charge >= 0.3 is 24.1 Å². The fourth-order valence-corrected chi connectivity index (χ4v) is 3.64. The van der Waals surface area contributed by atoms with Crippen LogP contribution in [-0.2, 0) is 32.3 Å². The Morgan fingerprint density at radius 2 is 1.24 bits per heavy atom. The van der Waals surface area contributed by atoms with E-state index in [-0.39, 0.29) is 43.5 Å². The second-order valence-corrected chi connectivity index (χ2v) is 10.9. The molecule has 4 unspecified atom stereocenters. The quantitative estimate of drug-likeness (QED) is 0.0683. The van der Waals surface area contributed by atoms with Gasteiger partial charge in [-0.3, -0.25) is 19.7 Å². The molecule has 0 bridgehead atoms. The number of carboxylic acid groups (broad SMARTS) is 2. The number of hydrogen-bond acceptors (Lipinski definition) is 12. The standard InChI is InChI=1S/C15H22N2O4S.C14H19N3O7/c1-10-2-4-11(5-3-10)9-21-15(20)17-8-12(22)6-7-13(16)14(18)19;15-12(13(19)20)6-5-11(18)7-16-14(21)24-8-9-1-3-10(4-2-9)17(22)23/h2-5,12-13,22H,6-9,16H2,1H3,(H,17,20)(H,18,19);1-4,11-12,18H,5-8,15H2,(H,16,21)(H,19,20). The first-order valence-corrected chi connectivity index (χ1v) is 14.6. The van der Waals surface area contributed by atoms with E-state index in [1.54, 1.807) is 0 Å². The van der Waals surface area contributed by atoms with E-state index in [0.29, 0.717) is 24.9 Å². The van der Waals surface area contributed by atoms with Crippen molar-refractivity contribution >= 4 is 42.4 Å². The van der Waals surface area contributed by atoms with E-state index >= 15 is 0 Å². The van der Waals surface area contributed by atoms with Crippen LogP contribution in [-0.4, -0.2) is 80.9 Å². The number of aliphatic carboxylic acids is 2. The molecule has 0 saturated carbocycles. The van der Waals surface area contributed by atoms with Crippen LogP contribution in [0.5, 0.6) is 0 Å². The van der Waals surface area contributed by atoms with Gasteiger partial charge in [0.05, 0.1) is 11.0 Å². The number of nitro benzene ring substituents is 1. The molecule has 0 aliphatic heterocycles. The van der Waals surface area contributed by atoms with Crippen LogP contribution in [0.2, 0.25) is 0 Å². The number of ether oxygens (including phenoxy) is 2. The molecule has 0 radical (unpaired) electrons. The van der Waals surface area contributed by atoms with Gasteiger partial charge in [0.1, 0.15) is 25.3 Å². The predicted octanol–water partition coefficient (Wildman–Crippen LogP) is 2.09. The first-order valence-electron chi connectivity index (χ1n) is 14.1. The number of rotatable bonds is 17. The Labute approximate surface area is 271 Å². The van der Waals surface area contributed by atoms with E-state index in [1.165, 1.54) is 24.3 Å². The number of carboxylic acids is 2. The van der Waals surface area contributed by atoms with Gasteiger partial charge in [-0.1, -0.05) is 29.8 Å². The number of nitrogens with two attached hydrogens (primary N) is 2. The zero-order valence-electron chi connectivity index (χ0n) is 25.2. The van der Waals surface area contributed by atoms with Crippen molar-refractivity contribution in [2.24, 2.45) is 11.5 Å². The van der Waals surface area contributed by atoms with Crippen molar-refractivity contribution in [3.63, 3.8) is 0 Å². The Hall–Kier alpha value is -4.45. The first-order chi connectivity index (χ1) is 21.7. The molecular formula is C29H41N5O11S. The molecule has 0 fully saturated rings. The Morgan fingerprint density at radius 1 is 0.804 bits per heavy atom. The molecule has 9 N–H and O–H groups in total. The number of aryl methyl sites for hydroxylation is 1. The highest BCUT2D eigenvalue weighted by Gasteiger charge is 2.16. The molecule has 2 aromatic rings. The molecule has 2 aromatic carbocycles. The number of aliphatic hydroxyl groups excluding tert-OH is 1. The number of non-ortho nitro benzene ring substituents is 1. The summed E-state index contributed by atoms with van der Waals surface area (Å²) in [6, 6.07) is 11.3. The van der Waals surface area contributed by atoms with Crippen molar-refractivity contribution in [2.75, 3.05) is 13.1 Å². The summed E-state index contributed by atoms with van der Waals surface area (Å²) < 4.78 is 9.97. The number of alkyl carbamates (subject to hydrolysis) is 2. The van der Waals surface area contributed by atoms with Crippen LogP contribution >= 0.6 is 12.6 Å². The molecule has 0 spiro atoms. The van der Waals surface area contributed by atoms with E-state index in [2.05, 4.69) is 23.3 Å². The average molecular weight is 668 g/mol. The molecular weight excluding hydrogens is 626 g/mol. The van der Waals surface area contributed by atoms with Crippen molar-refractivity contribution < 1.29 is 48.9 Å². The lowest BCUT2D eigenvalue weighted by atomic mass is 10.1. The molecule has 46 heavy (non-hydrogen) atoms. The summed E-state index contributed by atoms with van der Waals surface area (Å²) in [6.07, 6.45) is -1.23. The second-order valence-electron chi connectivity index (χ2n) is 10.2. The zero-order valence-corrected chi connectivity index (χ0v) is 26.1. The third-order valence-electron chi connectivity index (χ3n) is 6.23. The fourth-order valence-electron chi connectivity index (χ4n) is 3.40. The number of carbonyl (C=O) groups excluding carboxylic acids is 2. The zero-order chi connectivity index (χ0) is 34.6. The SMILES string of the molecule is Cc1ccc(COC(=O)NCC(S)CCC(N)C(=O)O)cc1.NC(CCC(O)CNC(=O)OCc1ccc([N+](=O)[O-])cc1)C(=O)O. The molecule has 0 heterocycles. The summed E-state index contributed by atoms with van der Waals surface area (Å²) in [5.74, 6) is -2.19. The number of benzene rings is 2. The summed E-state index contributed by atoms with van der Waals surface area (Å²) >= 11 is 4.28. The summed E-state index contributed by atoms with van der Waals surface area (Å²) in [5.41, 5.74) is 13.3. The lowest BCUT2D eigenvalue weighted by Crippen LogP contribution is -2.35. The fraction of sp³-hybridized carbons (Fsp3) is 0.448. The summed E-state index contributed by atoms with van der Waals surface area (Å²) in [5, 5.41) is 42.1. The third-order valence-corrected chi connectivity index (χ3v) is 6.67. The first kappa shape index (κ1) is 39.6. The summed E-state index contributed by atoms with van der Waals surface area (Å²) in [6.45, 7) is 2.30. The molecule has 4 atom stereocenters. The maximum Gasteiger partial charge on any atom is 0.407 e. The average Bonchev–Trinajstić information content (AvgIpc) is 3.03. The number of amides is 2. The van der Waals surface area contributed by atoms with Gasteiger partial charge in [-0.25, -0.2) is 9.59 Å². The number of aliphatic hydroxyl groups is 1. The van der Waals surface area contributed by atoms with E-state index < -0.39 is 47.2 Å². The minimum absolute atomic E-state index is 0.0640. The smallest absolute Gasteiger partial charge is 0.407 e. The van der Waals surface area contributed by atoms with Gasteiger partial charge in [-0.2, -0.15) is 12.6 Å². The van der Waals surface area contributed by atoms with Crippen molar-refractivity contribution in [1.29, 1.82) is 0 Å². The van der Waals surface area contributed by atoms with Crippen LogP contribution in [0.3, 0.4) is 0 Å². The number of carbonyl (C=O) groups is 4. The molecule has 17 heteroatoms. The number of thiol groups is 1. The number of hydrogen-bond donors (Lipinski definition) is 8. The third kappa shape index (κ3) is 17.7. The lowest BCUT2D eigenvalue weighted by Gasteiger charge is -2.13. The highest BCUT2D eigenvalue weighted by atomic mass is 32.1. The molecule has 0 aliphatic carbocycles. The van der Waals surface area contributed by atoms with E-state index in [1.807, 2.05) is 31.2 Å². The predicted molar refractivity (Wildman–Crippen MR) is 169 cm³/mol. The van der Waals surface area contributed by atoms with Crippen LogP contribution in [0, 0.1) is 17.0 Å². The molecule has 2 amide bonds. The van der Waals surface area contributed by atoms with Crippen LogP contribution in [0.4, 0.5) is 15.3 Å². The topological polar surface area (TPSA) is 267 Å². The Kier molecular flexibility index (Phi) is 18.3. The number of nitro groups is 1. The number of nitrogens with zero attached hydrogens (tertiary/aromatic N) is 1. The van der Waals surface area contributed by atoms with Crippen molar-refractivity contribution in [3.8, 4) is 0 Å². The van der Waals surface area contributed by atoms with Gasteiger partial charge in [0.15, 0.2) is 0 Å². The number of nitrogens with one attached hydrogen (secondary N) is 2. The molecule has 2 rings (SSSR count). The Balaban J connectivity index is 0.000000462. The van der Waals surface area contributed by atoms with Gasteiger partial charge in [0.2, 0.25) is 0 Å². The lowest BCUT2D eigenvalue weighted by molar-refractivity contribution is -0.384. The molecule has 0 saturated heterocycles. The van der Waals surface area contributed by atoms with E-state index in [4.69, 9.17) is 31.2 Å². The second kappa shape index (κ2) is 21.3. The Bertz CT molecular complexity index is 1270. The maximum absolute atomic E-state index is 11.5. The van der Waals surface area contributed by atoms with Crippen LogP contribution < -0.4 is 22.1 Å². The maximum atomic E-state index is 11.5. The van der Waals surface area contributed by atoms with Gasteiger partial charge < -0.3 is 46.9 Å². The van der Waals surface area contributed by atoms with Gasteiger partial charge in [0, 0.05) is 30.5 Å². The van der Waals surface area contributed by atoms with Crippen molar-refractivity contribution in [1.82, 2.24) is 10.6 Å². The van der Waals surface area contributed by atoms with E-state index in [9.17, 15) is 34.4 Å². The Morgan fingerprint density at radius 3 is 1.70 bits per heavy atom. The van der Waals surface area contributed by atoms with Gasteiger partial charge in [-0.15, -0.1) is 0 Å². The summed E-state index contributed by atoms with van der Waals surface area (Å²) in [7, 11) is 0. The van der Waals surface area contributed by atoms with Crippen LogP contribution in [0.25, 0.3) is 0 Å². The minimum Gasteiger partial charge on any atom is -0.480 e. The highest BCUT2D eigenvalue weighted by Crippen LogP contribution is 2.12. The van der Waals surface area contributed by atoms with Crippen molar-refractivity contribution in [3.05, 3.63) is 75.3 Å². The van der Waals surface area contributed by atoms with Crippen LogP contribution in [0.15, 0.2) is 48.5 Å².